The Kier molecular flexibility index (Phi) is 4.67. The van der Waals surface area contributed by atoms with Crippen molar-refractivity contribution in [2.45, 2.75) is 19.8 Å². The van der Waals surface area contributed by atoms with Crippen molar-refractivity contribution in [2.75, 3.05) is 26.2 Å². The van der Waals surface area contributed by atoms with Gasteiger partial charge in [0.25, 0.3) is 0 Å². The Morgan fingerprint density at radius 1 is 1.10 bits per heavy atom. The van der Waals surface area contributed by atoms with Crippen LogP contribution in [0.25, 0.3) is 10.8 Å². The van der Waals surface area contributed by atoms with Crippen LogP contribution in [-0.2, 0) is 0 Å². The maximum atomic E-state index is 6.23. The fraction of sp³-hybridized carbons (Fsp3) is 0.444. The summed E-state index contributed by atoms with van der Waals surface area (Å²) in [6, 6.07) is 12.0. The molecule has 3 heteroatoms. The number of halogens is 1. The largest absolute Gasteiger partial charge is 0.492 e. The molecule has 0 saturated carbocycles. The van der Waals surface area contributed by atoms with E-state index in [9.17, 15) is 0 Å². The number of rotatable bonds is 4. The van der Waals surface area contributed by atoms with Crippen molar-refractivity contribution in [2.24, 2.45) is 5.92 Å². The number of nitrogens with zero attached hydrogens (tertiary/aromatic N) is 1. The van der Waals surface area contributed by atoms with Gasteiger partial charge in [-0.2, -0.15) is 0 Å². The maximum absolute atomic E-state index is 6.23. The maximum Gasteiger partial charge on any atom is 0.127 e. The average molecular weight is 304 g/mol. The highest BCUT2D eigenvalue weighted by Crippen LogP contribution is 2.31. The Morgan fingerprint density at radius 2 is 1.81 bits per heavy atom. The first kappa shape index (κ1) is 14.7. The number of piperidine rings is 1. The molecule has 1 fully saturated rings. The molecule has 3 rings (SSSR count). The molecule has 0 unspecified atom stereocenters. The molecule has 0 bridgehead atoms. The van der Waals surface area contributed by atoms with E-state index in [4.69, 9.17) is 16.3 Å². The molecule has 2 aromatic rings. The van der Waals surface area contributed by atoms with Crippen molar-refractivity contribution in [3.05, 3.63) is 41.4 Å². The molecule has 0 atom stereocenters. The van der Waals surface area contributed by atoms with E-state index in [0.29, 0.717) is 0 Å². The summed E-state index contributed by atoms with van der Waals surface area (Å²) in [5.41, 5.74) is 0. The number of fused-ring (bicyclic) bond motifs is 1. The van der Waals surface area contributed by atoms with E-state index in [1.54, 1.807) is 0 Å². The van der Waals surface area contributed by atoms with Gasteiger partial charge in [-0.1, -0.05) is 42.8 Å². The molecular formula is C18H22ClNO. The molecule has 1 aliphatic heterocycles. The highest BCUT2D eigenvalue weighted by molar-refractivity contribution is 6.35. The molecule has 1 aliphatic rings. The highest BCUT2D eigenvalue weighted by atomic mass is 35.5. The first-order chi connectivity index (χ1) is 10.2. The number of ether oxygens (including phenoxy) is 1. The molecule has 2 nitrogen and oxygen atoms in total. The quantitative estimate of drug-likeness (QED) is 0.818. The molecule has 0 aliphatic carbocycles. The molecule has 0 radical (unpaired) electrons. The highest BCUT2D eigenvalue weighted by Gasteiger charge is 2.15. The minimum atomic E-state index is 0.736. The van der Waals surface area contributed by atoms with Gasteiger partial charge in [0.2, 0.25) is 0 Å². The third-order valence-corrected chi connectivity index (χ3v) is 4.70. The second kappa shape index (κ2) is 6.67. The standard InChI is InChI=1S/C18H22ClNO/c1-14-8-10-20(11-9-14)12-13-21-18-7-6-17(19)15-4-2-3-5-16(15)18/h2-7,14H,8-13H2,1H3. The van der Waals surface area contributed by atoms with Crippen LogP contribution < -0.4 is 4.74 Å². The molecule has 2 aromatic carbocycles. The smallest absolute Gasteiger partial charge is 0.127 e. The molecule has 1 saturated heterocycles. The van der Waals surface area contributed by atoms with Gasteiger partial charge in [-0.25, -0.2) is 0 Å². The van der Waals surface area contributed by atoms with E-state index >= 15 is 0 Å². The van der Waals surface area contributed by atoms with Gasteiger partial charge >= 0.3 is 0 Å². The van der Waals surface area contributed by atoms with Crippen LogP contribution in [0.15, 0.2) is 36.4 Å². The molecule has 1 heterocycles. The number of likely N-dealkylation sites (tertiary alicyclic amines) is 1. The Hall–Kier alpha value is -1.25. The van der Waals surface area contributed by atoms with Crippen molar-refractivity contribution < 1.29 is 4.74 Å². The summed E-state index contributed by atoms with van der Waals surface area (Å²) in [6.45, 7) is 6.48. The van der Waals surface area contributed by atoms with Crippen molar-refractivity contribution in [1.82, 2.24) is 4.90 Å². The van der Waals surface area contributed by atoms with Crippen molar-refractivity contribution in [1.29, 1.82) is 0 Å². The van der Waals surface area contributed by atoms with Crippen LogP contribution in [0.4, 0.5) is 0 Å². The van der Waals surface area contributed by atoms with Gasteiger partial charge < -0.3 is 4.74 Å². The van der Waals surface area contributed by atoms with E-state index in [0.717, 1.165) is 40.6 Å². The second-order valence-corrected chi connectivity index (χ2v) is 6.37. The zero-order valence-corrected chi connectivity index (χ0v) is 13.3. The fourth-order valence-electron chi connectivity index (χ4n) is 2.93. The summed E-state index contributed by atoms with van der Waals surface area (Å²) < 4.78 is 6.00. The lowest BCUT2D eigenvalue weighted by molar-refractivity contribution is 0.161. The zero-order valence-electron chi connectivity index (χ0n) is 12.5. The Balaban J connectivity index is 1.62. The Morgan fingerprint density at radius 3 is 2.57 bits per heavy atom. The van der Waals surface area contributed by atoms with Crippen LogP contribution in [0.3, 0.4) is 0 Å². The summed E-state index contributed by atoms with van der Waals surface area (Å²) in [5.74, 6) is 1.81. The normalized spacial score (nSPS) is 17.2. The molecule has 0 amide bonds. The van der Waals surface area contributed by atoms with E-state index < -0.39 is 0 Å². The van der Waals surface area contributed by atoms with Crippen LogP contribution in [0.1, 0.15) is 19.8 Å². The van der Waals surface area contributed by atoms with Gasteiger partial charge in [0, 0.05) is 22.3 Å². The number of hydrogen-bond acceptors (Lipinski definition) is 2. The molecule has 0 spiro atoms. The van der Waals surface area contributed by atoms with Gasteiger partial charge in [0.05, 0.1) is 0 Å². The fourth-order valence-corrected chi connectivity index (χ4v) is 3.16. The monoisotopic (exact) mass is 303 g/mol. The summed E-state index contributed by atoms with van der Waals surface area (Å²) in [7, 11) is 0. The lowest BCUT2D eigenvalue weighted by Crippen LogP contribution is -2.35. The van der Waals surface area contributed by atoms with E-state index in [-0.39, 0.29) is 0 Å². The SMILES string of the molecule is CC1CCN(CCOc2ccc(Cl)c3ccccc23)CC1. The average Bonchev–Trinajstić information content (AvgIpc) is 2.52. The predicted octanol–water partition coefficient (Wildman–Crippen LogP) is 4.60. The van der Waals surface area contributed by atoms with Gasteiger partial charge in [0.1, 0.15) is 12.4 Å². The van der Waals surface area contributed by atoms with Gasteiger partial charge in [-0.15, -0.1) is 0 Å². The Bertz CT molecular complexity index is 605. The third-order valence-electron chi connectivity index (χ3n) is 4.37. The van der Waals surface area contributed by atoms with Crippen LogP contribution in [0, 0.1) is 5.92 Å². The van der Waals surface area contributed by atoms with E-state index in [1.807, 2.05) is 30.3 Å². The third kappa shape index (κ3) is 3.50. The van der Waals surface area contributed by atoms with E-state index in [1.165, 1.54) is 25.9 Å². The minimum absolute atomic E-state index is 0.736. The molecule has 0 N–H and O–H groups in total. The second-order valence-electron chi connectivity index (χ2n) is 5.96. The van der Waals surface area contributed by atoms with Crippen molar-refractivity contribution >= 4 is 22.4 Å². The van der Waals surface area contributed by atoms with Crippen LogP contribution in [0.5, 0.6) is 5.75 Å². The van der Waals surface area contributed by atoms with Crippen LogP contribution in [0.2, 0.25) is 5.02 Å². The Labute approximate surface area is 131 Å². The van der Waals surface area contributed by atoms with Gasteiger partial charge in [0.15, 0.2) is 0 Å². The lowest BCUT2D eigenvalue weighted by Gasteiger charge is -2.30. The summed E-state index contributed by atoms with van der Waals surface area (Å²) in [5, 5.41) is 2.93. The molecule has 112 valence electrons. The lowest BCUT2D eigenvalue weighted by atomic mass is 9.99. The van der Waals surface area contributed by atoms with E-state index in [2.05, 4.69) is 17.9 Å². The topological polar surface area (TPSA) is 12.5 Å². The van der Waals surface area contributed by atoms with Crippen LogP contribution in [-0.4, -0.2) is 31.1 Å². The molecular weight excluding hydrogens is 282 g/mol. The molecule has 21 heavy (non-hydrogen) atoms. The first-order valence-electron chi connectivity index (χ1n) is 7.76. The molecule has 0 aromatic heterocycles. The minimum Gasteiger partial charge on any atom is -0.492 e. The van der Waals surface area contributed by atoms with Crippen molar-refractivity contribution in [3.8, 4) is 5.75 Å². The summed E-state index contributed by atoms with van der Waals surface area (Å²) >= 11 is 6.23. The predicted molar refractivity (Wildman–Crippen MR) is 89.3 cm³/mol. The van der Waals surface area contributed by atoms with Gasteiger partial charge in [-0.3, -0.25) is 4.90 Å². The number of hydrogen-bond donors (Lipinski definition) is 0. The van der Waals surface area contributed by atoms with Crippen LogP contribution >= 0.6 is 11.6 Å². The summed E-state index contributed by atoms with van der Waals surface area (Å²) in [4.78, 5) is 2.50. The first-order valence-corrected chi connectivity index (χ1v) is 8.14. The van der Waals surface area contributed by atoms with Crippen molar-refractivity contribution in [3.63, 3.8) is 0 Å². The van der Waals surface area contributed by atoms with Gasteiger partial charge in [-0.05, 0) is 44.0 Å². The zero-order chi connectivity index (χ0) is 14.7. The number of benzene rings is 2. The summed E-state index contributed by atoms with van der Waals surface area (Å²) in [6.07, 6.45) is 2.62.